The Balaban J connectivity index is 1.51. The van der Waals surface area contributed by atoms with Gasteiger partial charge in [0, 0.05) is 44.5 Å². The molecule has 0 unspecified atom stereocenters. The fraction of sp³-hybridized carbons (Fsp3) is 0.370. The largest absolute Gasteiger partial charge is 0.497 e. The quantitative estimate of drug-likeness (QED) is 0.459. The molecule has 7 nitrogen and oxygen atoms in total. The van der Waals surface area contributed by atoms with E-state index in [2.05, 4.69) is 17.0 Å². The van der Waals surface area contributed by atoms with Crippen molar-refractivity contribution in [3.63, 3.8) is 0 Å². The molecule has 0 bridgehead atoms. The summed E-state index contributed by atoms with van der Waals surface area (Å²) in [6.45, 7) is 5.15. The molecule has 1 fully saturated rings. The van der Waals surface area contributed by atoms with Crippen molar-refractivity contribution in [1.29, 1.82) is 0 Å². The van der Waals surface area contributed by atoms with Gasteiger partial charge in [-0.1, -0.05) is 17.7 Å². The van der Waals surface area contributed by atoms with Crippen LogP contribution in [0.15, 0.2) is 71.9 Å². The minimum Gasteiger partial charge on any atom is -0.497 e. The van der Waals surface area contributed by atoms with E-state index in [4.69, 9.17) is 4.74 Å². The van der Waals surface area contributed by atoms with E-state index in [-0.39, 0.29) is 23.8 Å². The highest BCUT2D eigenvalue weighted by molar-refractivity contribution is 7.92. The highest BCUT2D eigenvalue weighted by atomic mass is 32.2. The van der Waals surface area contributed by atoms with Gasteiger partial charge < -0.3 is 14.2 Å². The van der Waals surface area contributed by atoms with Gasteiger partial charge in [0.05, 0.1) is 17.7 Å². The number of anilines is 1. The van der Waals surface area contributed by atoms with Crippen molar-refractivity contribution in [2.24, 2.45) is 0 Å². The summed E-state index contributed by atoms with van der Waals surface area (Å²) >= 11 is 0. The van der Waals surface area contributed by atoms with Crippen LogP contribution in [0, 0.1) is 13.8 Å². The first-order valence-electron chi connectivity index (χ1n) is 11.9. The van der Waals surface area contributed by atoms with Crippen molar-refractivity contribution in [1.82, 2.24) is 9.47 Å². The van der Waals surface area contributed by atoms with Crippen LogP contribution in [0.2, 0.25) is 0 Å². The molecule has 8 heteroatoms. The molecule has 0 atom stereocenters. The number of piperidine rings is 1. The topological polar surface area (TPSA) is 71.8 Å². The summed E-state index contributed by atoms with van der Waals surface area (Å²) in [5.41, 5.74) is 2.18. The molecule has 1 saturated heterocycles. The average molecular weight is 496 g/mol. The van der Waals surface area contributed by atoms with Gasteiger partial charge in [-0.05, 0) is 74.7 Å². The number of carbonyl (C=O) groups excluding carboxylic acids is 1. The predicted molar refractivity (Wildman–Crippen MR) is 137 cm³/mol. The molecule has 0 N–H and O–H groups in total. The lowest BCUT2D eigenvalue weighted by Crippen LogP contribution is -2.41. The highest BCUT2D eigenvalue weighted by Crippen LogP contribution is 2.29. The van der Waals surface area contributed by atoms with Gasteiger partial charge in [-0.2, -0.15) is 0 Å². The van der Waals surface area contributed by atoms with E-state index in [1.165, 1.54) is 4.31 Å². The maximum atomic E-state index is 13.7. The Kier molecular flexibility index (Phi) is 7.50. The summed E-state index contributed by atoms with van der Waals surface area (Å²) in [7, 11) is -2.30. The molecule has 1 aromatic heterocycles. The smallest absolute Gasteiger partial charge is 0.264 e. The Morgan fingerprint density at radius 2 is 1.69 bits per heavy atom. The molecular weight excluding hydrogens is 462 g/mol. The first kappa shape index (κ1) is 24.9. The molecule has 1 aliphatic heterocycles. The zero-order chi connectivity index (χ0) is 25.0. The minimum atomic E-state index is -3.87. The zero-order valence-electron chi connectivity index (χ0n) is 20.6. The van der Waals surface area contributed by atoms with E-state index in [0.29, 0.717) is 36.1 Å². The number of aryl methyl sites for hydroxylation is 2. The Morgan fingerprint density at radius 1 is 1.03 bits per heavy atom. The van der Waals surface area contributed by atoms with Crippen molar-refractivity contribution < 1.29 is 17.9 Å². The Labute approximate surface area is 208 Å². The van der Waals surface area contributed by atoms with Crippen LogP contribution >= 0.6 is 0 Å². The summed E-state index contributed by atoms with van der Waals surface area (Å²) < 4.78 is 36.3. The number of hydrogen-bond donors (Lipinski definition) is 0. The van der Waals surface area contributed by atoms with E-state index >= 15 is 0 Å². The van der Waals surface area contributed by atoms with Gasteiger partial charge in [-0.3, -0.25) is 9.10 Å². The van der Waals surface area contributed by atoms with Gasteiger partial charge >= 0.3 is 0 Å². The molecule has 2 heterocycles. The van der Waals surface area contributed by atoms with Gasteiger partial charge in [0.1, 0.15) is 5.75 Å². The SMILES string of the molecule is COc1ccc(N(CCC(=O)N2CCC(n3cccc3)CC2)S(=O)(=O)c2ccc(C)cc2C)cc1. The second kappa shape index (κ2) is 10.6. The summed E-state index contributed by atoms with van der Waals surface area (Å²) in [6.07, 6.45) is 6.02. The Morgan fingerprint density at radius 3 is 2.29 bits per heavy atom. The van der Waals surface area contributed by atoms with E-state index in [0.717, 1.165) is 18.4 Å². The van der Waals surface area contributed by atoms with Crippen molar-refractivity contribution in [2.45, 2.75) is 44.0 Å². The van der Waals surface area contributed by atoms with Crippen LogP contribution in [0.3, 0.4) is 0 Å². The molecule has 0 spiro atoms. The molecule has 0 aliphatic carbocycles. The zero-order valence-corrected chi connectivity index (χ0v) is 21.4. The lowest BCUT2D eigenvalue weighted by Gasteiger charge is -2.33. The fourth-order valence-electron chi connectivity index (χ4n) is 4.70. The molecule has 0 saturated carbocycles. The molecule has 2 aromatic carbocycles. The number of ether oxygens (including phenoxy) is 1. The number of nitrogens with zero attached hydrogens (tertiary/aromatic N) is 3. The second-order valence-corrected chi connectivity index (χ2v) is 10.9. The molecule has 3 aromatic rings. The Bertz CT molecular complexity index is 1250. The lowest BCUT2D eigenvalue weighted by molar-refractivity contribution is -0.132. The average Bonchev–Trinajstić information content (AvgIpc) is 3.39. The van der Waals surface area contributed by atoms with Gasteiger partial charge in [0.25, 0.3) is 10.0 Å². The predicted octanol–water partition coefficient (Wildman–Crippen LogP) is 4.56. The molecule has 1 amide bonds. The number of aromatic nitrogens is 1. The van der Waals surface area contributed by atoms with E-state index < -0.39 is 10.0 Å². The third kappa shape index (κ3) is 5.53. The second-order valence-electron chi connectivity index (χ2n) is 9.04. The number of methoxy groups -OCH3 is 1. The normalized spacial score (nSPS) is 14.7. The maximum absolute atomic E-state index is 13.7. The fourth-order valence-corrected chi connectivity index (χ4v) is 6.38. The third-order valence-corrected chi connectivity index (χ3v) is 8.64. The summed E-state index contributed by atoms with van der Waals surface area (Å²) in [4.78, 5) is 15.2. The molecule has 186 valence electrons. The van der Waals surface area contributed by atoms with Gasteiger partial charge in [-0.25, -0.2) is 8.42 Å². The van der Waals surface area contributed by atoms with Crippen molar-refractivity contribution in [2.75, 3.05) is 31.0 Å². The van der Waals surface area contributed by atoms with Crippen LogP contribution in [0.4, 0.5) is 5.69 Å². The first-order chi connectivity index (χ1) is 16.8. The number of carbonyl (C=O) groups is 1. The Hall–Kier alpha value is -3.26. The van der Waals surface area contributed by atoms with Crippen molar-refractivity contribution in [3.05, 3.63) is 78.1 Å². The van der Waals surface area contributed by atoms with Crippen LogP contribution in [0.25, 0.3) is 0 Å². The van der Waals surface area contributed by atoms with Gasteiger partial charge in [-0.15, -0.1) is 0 Å². The number of sulfonamides is 1. The molecule has 4 rings (SSSR count). The molecule has 35 heavy (non-hydrogen) atoms. The van der Waals surface area contributed by atoms with Crippen LogP contribution in [-0.2, 0) is 14.8 Å². The third-order valence-electron chi connectivity index (χ3n) is 6.65. The van der Waals surface area contributed by atoms with E-state index in [1.54, 1.807) is 50.4 Å². The number of benzene rings is 2. The van der Waals surface area contributed by atoms with E-state index in [1.807, 2.05) is 30.0 Å². The van der Waals surface area contributed by atoms with E-state index in [9.17, 15) is 13.2 Å². The van der Waals surface area contributed by atoms with Crippen LogP contribution in [0.5, 0.6) is 5.75 Å². The van der Waals surface area contributed by atoms with Crippen LogP contribution < -0.4 is 9.04 Å². The molecular formula is C27H33N3O4S. The molecule has 1 aliphatic rings. The number of hydrogen-bond acceptors (Lipinski definition) is 4. The summed E-state index contributed by atoms with van der Waals surface area (Å²) in [5, 5.41) is 0. The summed E-state index contributed by atoms with van der Waals surface area (Å²) in [6, 6.07) is 16.6. The summed E-state index contributed by atoms with van der Waals surface area (Å²) in [5.74, 6) is 0.615. The lowest BCUT2D eigenvalue weighted by atomic mass is 10.0. The minimum absolute atomic E-state index is 0.0229. The van der Waals surface area contributed by atoms with Crippen molar-refractivity contribution >= 4 is 21.6 Å². The standard InChI is InChI=1S/C27H33N3O4S/c1-21-6-11-26(22(2)20-21)35(32,33)30(24-7-9-25(34-3)10-8-24)19-14-27(31)29-17-12-23(13-18-29)28-15-4-5-16-28/h4-11,15-16,20,23H,12-14,17-19H2,1-3H3. The maximum Gasteiger partial charge on any atom is 0.264 e. The molecule has 0 radical (unpaired) electrons. The van der Waals surface area contributed by atoms with Crippen molar-refractivity contribution in [3.8, 4) is 5.75 Å². The van der Waals surface area contributed by atoms with Crippen LogP contribution in [0.1, 0.15) is 36.4 Å². The monoisotopic (exact) mass is 495 g/mol. The number of rotatable bonds is 8. The van der Waals surface area contributed by atoms with Crippen LogP contribution in [-0.4, -0.2) is 50.5 Å². The number of likely N-dealkylation sites (tertiary alicyclic amines) is 1. The number of amides is 1. The van der Waals surface area contributed by atoms with Gasteiger partial charge in [0.2, 0.25) is 5.91 Å². The van der Waals surface area contributed by atoms with Gasteiger partial charge in [0.15, 0.2) is 0 Å². The first-order valence-corrected chi connectivity index (χ1v) is 13.4. The highest BCUT2D eigenvalue weighted by Gasteiger charge is 2.29.